The van der Waals surface area contributed by atoms with Gasteiger partial charge in [0, 0.05) is 12.0 Å². The lowest BCUT2D eigenvalue weighted by molar-refractivity contribution is -0.122. The van der Waals surface area contributed by atoms with E-state index in [1.807, 2.05) is 0 Å². The van der Waals surface area contributed by atoms with Gasteiger partial charge in [-0.1, -0.05) is 76.1 Å². The second kappa shape index (κ2) is 15.5. The van der Waals surface area contributed by atoms with Gasteiger partial charge in [0.15, 0.2) is 0 Å². The maximum Gasteiger partial charge on any atom is 0.234 e. The number of halogens is 2. The molecule has 0 bridgehead atoms. The van der Waals surface area contributed by atoms with Gasteiger partial charge in [0.25, 0.3) is 0 Å². The molecule has 6 heteroatoms. The molecule has 4 nitrogen and oxygen atoms in total. The van der Waals surface area contributed by atoms with Gasteiger partial charge in [-0.2, -0.15) is 0 Å². The van der Waals surface area contributed by atoms with Gasteiger partial charge in [0.1, 0.15) is 0 Å². The van der Waals surface area contributed by atoms with E-state index in [1.165, 1.54) is 16.3 Å². The normalized spacial score (nSPS) is 12.8. The van der Waals surface area contributed by atoms with E-state index in [4.69, 9.17) is 0 Å². The molecule has 2 aromatic rings. The lowest BCUT2D eigenvalue weighted by Crippen LogP contribution is -2.45. The minimum atomic E-state index is -0.0694. The Morgan fingerprint density at radius 1 is 0.938 bits per heavy atom. The van der Waals surface area contributed by atoms with Gasteiger partial charge in [0.05, 0.1) is 6.54 Å². The third kappa shape index (κ3) is 8.55. The molecule has 0 heterocycles. The Morgan fingerprint density at radius 2 is 1.59 bits per heavy atom. The van der Waals surface area contributed by atoms with Crippen LogP contribution in [0.4, 0.5) is 0 Å². The smallest absolute Gasteiger partial charge is 0.234 e. The van der Waals surface area contributed by atoms with Gasteiger partial charge >= 0.3 is 0 Å². The molecule has 0 saturated carbocycles. The summed E-state index contributed by atoms with van der Waals surface area (Å²) in [5.74, 6) is 0.129. The third-order valence-corrected chi connectivity index (χ3v) is 6.29. The monoisotopic (exact) mass is 483 g/mol. The molecular weight excluding hydrogens is 441 g/mol. The standard InChI is InChI=1S/C26H41N3O.2ClH/c1-6-9-17-26(18-19-28(4)5,21-27-25(30)20-29(7-2)8-3)24-16-12-14-22-13-10-11-15-23(22)24;;/h10-16H,6-9,17-21H2,1-5H3,(H,27,30);2*1H. The second-order valence-electron chi connectivity index (χ2n) is 8.70. The maximum atomic E-state index is 12.8. The maximum absolute atomic E-state index is 12.8. The Morgan fingerprint density at radius 3 is 2.22 bits per heavy atom. The minimum absolute atomic E-state index is 0. The first kappa shape index (κ1) is 30.7. The summed E-state index contributed by atoms with van der Waals surface area (Å²) in [6.07, 6.45) is 4.42. The van der Waals surface area contributed by atoms with E-state index in [1.54, 1.807) is 0 Å². The van der Waals surface area contributed by atoms with Gasteiger partial charge in [-0.05, 0) is 62.9 Å². The molecule has 0 radical (unpaired) electrons. The van der Waals surface area contributed by atoms with Crippen LogP contribution in [0.2, 0.25) is 0 Å². The van der Waals surface area contributed by atoms with Crippen molar-refractivity contribution in [2.45, 2.75) is 51.9 Å². The molecule has 1 amide bonds. The summed E-state index contributed by atoms with van der Waals surface area (Å²) >= 11 is 0. The first-order chi connectivity index (χ1) is 14.5. The molecule has 2 rings (SSSR count). The van der Waals surface area contributed by atoms with Crippen molar-refractivity contribution in [1.82, 2.24) is 15.1 Å². The van der Waals surface area contributed by atoms with E-state index in [0.717, 1.165) is 45.3 Å². The zero-order valence-electron chi connectivity index (χ0n) is 20.5. The number of benzene rings is 2. The van der Waals surface area contributed by atoms with Crippen molar-refractivity contribution in [2.75, 3.05) is 46.8 Å². The lowest BCUT2D eigenvalue weighted by Gasteiger charge is -2.37. The summed E-state index contributed by atoms with van der Waals surface area (Å²) in [6, 6.07) is 15.3. The predicted molar refractivity (Wildman–Crippen MR) is 144 cm³/mol. The van der Waals surface area contributed by atoms with Crippen molar-refractivity contribution in [3.63, 3.8) is 0 Å². The quantitative estimate of drug-likeness (QED) is 0.407. The van der Waals surface area contributed by atoms with Gasteiger partial charge in [-0.25, -0.2) is 0 Å². The first-order valence-electron chi connectivity index (χ1n) is 11.6. The second-order valence-corrected chi connectivity index (χ2v) is 8.70. The summed E-state index contributed by atoms with van der Waals surface area (Å²) in [6.45, 7) is 10.4. The van der Waals surface area contributed by atoms with Crippen LogP contribution in [-0.4, -0.2) is 62.5 Å². The Kier molecular flexibility index (Phi) is 14.9. The van der Waals surface area contributed by atoms with Crippen LogP contribution < -0.4 is 5.32 Å². The number of rotatable bonds is 13. The summed E-state index contributed by atoms with van der Waals surface area (Å²) < 4.78 is 0. The Hall–Kier alpha value is -1.33. The molecule has 182 valence electrons. The number of amides is 1. The van der Waals surface area contributed by atoms with E-state index >= 15 is 0 Å². The van der Waals surface area contributed by atoms with Crippen molar-refractivity contribution in [3.05, 3.63) is 48.0 Å². The number of unbranched alkanes of at least 4 members (excludes halogenated alkanes) is 1. The highest BCUT2D eigenvalue weighted by molar-refractivity contribution is 5.87. The Labute approximate surface area is 207 Å². The van der Waals surface area contributed by atoms with Crippen LogP contribution in [0.3, 0.4) is 0 Å². The van der Waals surface area contributed by atoms with E-state index in [9.17, 15) is 4.79 Å². The molecule has 0 aliphatic rings. The van der Waals surface area contributed by atoms with Crippen molar-refractivity contribution < 1.29 is 4.79 Å². The number of hydrogen-bond donors (Lipinski definition) is 1. The average Bonchev–Trinajstić information content (AvgIpc) is 2.76. The number of hydrogen-bond acceptors (Lipinski definition) is 3. The zero-order valence-corrected chi connectivity index (χ0v) is 22.2. The molecule has 0 saturated heterocycles. The van der Waals surface area contributed by atoms with Crippen LogP contribution in [0.25, 0.3) is 10.8 Å². The van der Waals surface area contributed by atoms with Crippen molar-refractivity contribution in [1.29, 1.82) is 0 Å². The third-order valence-electron chi connectivity index (χ3n) is 6.29. The molecule has 2 aromatic carbocycles. The van der Waals surface area contributed by atoms with Gasteiger partial charge in [-0.15, -0.1) is 24.8 Å². The molecule has 1 N–H and O–H groups in total. The van der Waals surface area contributed by atoms with Crippen LogP contribution in [0.5, 0.6) is 0 Å². The largest absolute Gasteiger partial charge is 0.354 e. The van der Waals surface area contributed by atoms with Crippen LogP contribution >= 0.6 is 24.8 Å². The predicted octanol–water partition coefficient (Wildman–Crippen LogP) is 5.52. The zero-order chi connectivity index (χ0) is 22.0. The van der Waals surface area contributed by atoms with Gasteiger partial charge in [-0.3, -0.25) is 9.69 Å². The van der Waals surface area contributed by atoms with Crippen molar-refractivity contribution in [2.24, 2.45) is 0 Å². The number of nitrogens with one attached hydrogen (secondary N) is 1. The van der Waals surface area contributed by atoms with E-state index < -0.39 is 0 Å². The highest BCUT2D eigenvalue weighted by Gasteiger charge is 2.33. The summed E-state index contributed by atoms with van der Waals surface area (Å²) in [7, 11) is 4.26. The van der Waals surface area contributed by atoms with Crippen molar-refractivity contribution in [3.8, 4) is 0 Å². The number of fused-ring (bicyclic) bond motifs is 1. The van der Waals surface area contributed by atoms with Crippen LogP contribution in [0.1, 0.15) is 52.0 Å². The summed E-state index contributed by atoms with van der Waals surface area (Å²) in [5, 5.41) is 5.91. The molecule has 0 aliphatic carbocycles. The highest BCUT2D eigenvalue weighted by Crippen LogP contribution is 2.37. The van der Waals surface area contributed by atoms with Crippen LogP contribution in [0.15, 0.2) is 42.5 Å². The van der Waals surface area contributed by atoms with Gasteiger partial charge in [0.2, 0.25) is 5.91 Å². The molecule has 0 spiro atoms. The number of likely N-dealkylation sites (N-methyl/N-ethyl adjacent to an activating group) is 1. The number of carbonyl (C=O) groups is 1. The Balaban J connectivity index is 0.00000480. The van der Waals surface area contributed by atoms with E-state index in [0.29, 0.717) is 13.1 Å². The lowest BCUT2D eigenvalue weighted by atomic mass is 9.71. The molecule has 32 heavy (non-hydrogen) atoms. The fraction of sp³-hybridized carbons (Fsp3) is 0.577. The van der Waals surface area contributed by atoms with E-state index in [2.05, 4.69) is 92.4 Å². The summed E-state index contributed by atoms with van der Waals surface area (Å²) in [4.78, 5) is 17.2. The van der Waals surface area contributed by atoms with E-state index in [-0.39, 0.29) is 36.1 Å². The topological polar surface area (TPSA) is 35.6 Å². The van der Waals surface area contributed by atoms with Crippen LogP contribution in [0, 0.1) is 0 Å². The van der Waals surface area contributed by atoms with Crippen molar-refractivity contribution >= 4 is 41.5 Å². The molecule has 1 atom stereocenters. The first-order valence-corrected chi connectivity index (χ1v) is 11.6. The fourth-order valence-electron chi connectivity index (χ4n) is 4.28. The van der Waals surface area contributed by atoms with Crippen LogP contribution in [-0.2, 0) is 10.2 Å². The number of carbonyl (C=O) groups excluding carboxylic acids is 1. The molecule has 0 aliphatic heterocycles. The van der Waals surface area contributed by atoms with Gasteiger partial charge < -0.3 is 10.2 Å². The molecule has 1 unspecified atom stereocenters. The molecule has 0 aromatic heterocycles. The SMILES string of the molecule is CCCCC(CCN(C)C)(CNC(=O)CN(CC)CC)c1cccc2ccccc12.Cl.Cl. The molecule has 0 fully saturated rings. The Bertz CT molecular complexity index is 790. The highest BCUT2D eigenvalue weighted by atomic mass is 35.5. The molecular formula is C26H43Cl2N3O. The minimum Gasteiger partial charge on any atom is -0.354 e. The fourth-order valence-corrected chi connectivity index (χ4v) is 4.28. The summed E-state index contributed by atoms with van der Waals surface area (Å²) in [5.41, 5.74) is 1.30. The average molecular weight is 485 g/mol. The number of nitrogens with zero attached hydrogens (tertiary/aromatic N) is 2.